The first kappa shape index (κ1) is 27.8. The lowest BCUT2D eigenvalue weighted by molar-refractivity contribution is 0.649. The van der Waals surface area contributed by atoms with Crippen molar-refractivity contribution in [2.24, 2.45) is 0 Å². The van der Waals surface area contributed by atoms with Crippen molar-refractivity contribution in [1.29, 1.82) is 0 Å². The Balaban J connectivity index is 1.14. The number of thiophene rings is 2. The van der Waals surface area contributed by atoms with Gasteiger partial charge in [0.2, 0.25) is 10.9 Å². The summed E-state index contributed by atoms with van der Waals surface area (Å²) in [4.78, 5) is 28.4. The van der Waals surface area contributed by atoms with Gasteiger partial charge in [0.05, 0.1) is 16.2 Å². The molecule has 0 spiro atoms. The number of hydrogen-bond donors (Lipinski definition) is 0. The van der Waals surface area contributed by atoms with Gasteiger partial charge < -0.3 is 8.83 Å². The van der Waals surface area contributed by atoms with Gasteiger partial charge in [0.1, 0.15) is 22.1 Å². The van der Waals surface area contributed by atoms with E-state index in [1.54, 1.807) is 34.8 Å². The van der Waals surface area contributed by atoms with Crippen molar-refractivity contribution in [3.8, 4) is 22.3 Å². The van der Waals surface area contributed by atoms with Gasteiger partial charge in [0.15, 0.2) is 5.58 Å². The van der Waals surface area contributed by atoms with Gasteiger partial charge in [0.25, 0.3) is 0 Å². The first-order chi connectivity index (χ1) is 24.6. The summed E-state index contributed by atoms with van der Waals surface area (Å²) in [5.41, 5.74) is 5.10. The molecule has 0 fully saturated rings. The molecule has 50 heavy (non-hydrogen) atoms. The van der Waals surface area contributed by atoms with Crippen LogP contribution in [0.3, 0.4) is 0 Å². The molecule has 0 saturated carbocycles. The summed E-state index contributed by atoms with van der Waals surface area (Å²) < 4.78 is 17.7. The van der Waals surface area contributed by atoms with E-state index in [1.165, 1.54) is 40.3 Å². The molecule has 4 aromatic heterocycles. The molecule has 0 saturated heterocycles. The lowest BCUT2D eigenvalue weighted by atomic mass is 9.99. The Morgan fingerprint density at radius 1 is 0.400 bits per heavy atom. The zero-order valence-electron chi connectivity index (χ0n) is 26.2. The monoisotopic (exact) mass is 678 g/mol. The number of fused-ring (bicyclic) bond motifs is 11. The van der Waals surface area contributed by atoms with Gasteiger partial charge in [-0.25, -0.2) is 0 Å². The second-order valence-electron chi connectivity index (χ2n) is 12.7. The molecule has 0 aliphatic heterocycles. The van der Waals surface area contributed by atoms with Crippen molar-refractivity contribution >= 4 is 107 Å². The average molecular weight is 679 g/mol. The van der Waals surface area contributed by atoms with Crippen LogP contribution < -0.4 is 10.9 Å². The van der Waals surface area contributed by atoms with Crippen LogP contribution in [0, 0.1) is 0 Å². The molecule has 0 atom stereocenters. The lowest BCUT2D eigenvalue weighted by Gasteiger charge is -2.09. The van der Waals surface area contributed by atoms with Gasteiger partial charge in [-0.15, -0.1) is 22.7 Å². The molecule has 0 amide bonds. The standard InChI is InChI=1S/C44H22O4S2/c45-40-31-17-15-24(26-10-6-12-30-28-8-2-4-14-38(28)50-44(26)30)22-36(31)48-42-32(40)18-20-35-39(42)41(46)33-21-23(16-19-34(33)47-35)25-9-5-11-29-27-7-1-3-13-37(27)49-43(25)29/h1-22H. The topological polar surface area (TPSA) is 60.4 Å². The maximum atomic E-state index is 14.4. The summed E-state index contributed by atoms with van der Waals surface area (Å²) in [6.07, 6.45) is 0. The van der Waals surface area contributed by atoms with Gasteiger partial charge in [-0.1, -0.05) is 84.9 Å². The second-order valence-corrected chi connectivity index (χ2v) is 14.8. The van der Waals surface area contributed by atoms with Crippen LogP contribution in [-0.2, 0) is 0 Å². The van der Waals surface area contributed by atoms with Crippen molar-refractivity contribution in [2.45, 2.75) is 0 Å². The van der Waals surface area contributed by atoms with Crippen LogP contribution in [-0.4, -0.2) is 0 Å². The Kier molecular flexibility index (Phi) is 5.69. The Labute approximate surface area is 290 Å². The van der Waals surface area contributed by atoms with Crippen LogP contribution in [0.25, 0.3) is 106 Å². The highest BCUT2D eigenvalue weighted by Crippen LogP contribution is 2.42. The van der Waals surface area contributed by atoms with Crippen LogP contribution >= 0.6 is 22.7 Å². The third-order valence-electron chi connectivity index (χ3n) is 9.90. The van der Waals surface area contributed by atoms with Crippen molar-refractivity contribution in [1.82, 2.24) is 0 Å². The average Bonchev–Trinajstić information content (AvgIpc) is 3.73. The van der Waals surface area contributed by atoms with Gasteiger partial charge in [-0.3, -0.25) is 9.59 Å². The van der Waals surface area contributed by atoms with Crippen LogP contribution in [0.1, 0.15) is 0 Å². The molecule has 0 bridgehead atoms. The van der Waals surface area contributed by atoms with Gasteiger partial charge >= 0.3 is 0 Å². The molecule has 234 valence electrons. The predicted molar refractivity (Wildman–Crippen MR) is 210 cm³/mol. The molecule has 11 aromatic rings. The fourth-order valence-electron chi connectivity index (χ4n) is 7.53. The van der Waals surface area contributed by atoms with Gasteiger partial charge in [-0.05, 0) is 70.8 Å². The zero-order valence-corrected chi connectivity index (χ0v) is 27.8. The number of rotatable bonds is 2. The molecule has 0 N–H and O–H groups in total. The molecular weight excluding hydrogens is 657 g/mol. The van der Waals surface area contributed by atoms with Crippen LogP contribution in [0.4, 0.5) is 0 Å². The highest BCUT2D eigenvalue weighted by atomic mass is 32.1. The third-order valence-corrected chi connectivity index (χ3v) is 12.3. The van der Waals surface area contributed by atoms with E-state index in [2.05, 4.69) is 84.9 Å². The van der Waals surface area contributed by atoms with Crippen molar-refractivity contribution < 1.29 is 8.83 Å². The Morgan fingerprint density at radius 2 is 0.980 bits per heavy atom. The van der Waals surface area contributed by atoms with E-state index < -0.39 is 0 Å². The van der Waals surface area contributed by atoms with Gasteiger partial charge in [-0.2, -0.15) is 0 Å². The molecule has 0 aliphatic rings. The summed E-state index contributed by atoms with van der Waals surface area (Å²) in [5.74, 6) is 0. The van der Waals surface area contributed by atoms with E-state index in [1.807, 2.05) is 36.4 Å². The molecule has 0 radical (unpaired) electrons. The Morgan fingerprint density at radius 3 is 1.68 bits per heavy atom. The summed E-state index contributed by atoms with van der Waals surface area (Å²) in [7, 11) is 0. The molecule has 11 rings (SSSR count). The van der Waals surface area contributed by atoms with Crippen molar-refractivity contribution in [2.75, 3.05) is 0 Å². The van der Waals surface area contributed by atoms with E-state index >= 15 is 0 Å². The minimum absolute atomic E-state index is 0.181. The predicted octanol–water partition coefficient (Wildman–Crippen LogP) is 12.3. The molecule has 0 aliphatic carbocycles. The SMILES string of the molecule is O=c1c2ccc(-c3cccc4c3sc3ccccc34)cc2oc2c1ccc1oc3ccc(-c4cccc5c4sc4ccccc45)cc3c(=O)c12. The quantitative estimate of drug-likeness (QED) is 0.135. The van der Waals surface area contributed by atoms with E-state index in [4.69, 9.17) is 8.83 Å². The fraction of sp³-hybridized carbons (Fsp3) is 0. The second kappa shape index (κ2) is 10.2. The first-order valence-electron chi connectivity index (χ1n) is 16.3. The molecule has 0 unspecified atom stereocenters. The van der Waals surface area contributed by atoms with E-state index in [0.717, 1.165) is 22.3 Å². The lowest BCUT2D eigenvalue weighted by Crippen LogP contribution is -2.07. The largest absolute Gasteiger partial charge is 0.456 e. The normalized spacial score (nSPS) is 12.2. The first-order valence-corrected chi connectivity index (χ1v) is 18.0. The maximum absolute atomic E-state index is 14.4. The Hall–Kier alpha value is -6.08. The highest BCUT2D eigenvalue weighted by Gasteiger charge is 2.19. The maximum Gasteiger partial charge on any atom is 0.204 e. The minimum atomic E-state index is -0.231. The molecule has 6 heteroatoms. The third kappa shape index (κ3) is 3.86. The zero-order chi connectivity index (χ0) is 33.1. The van der Waals surface area contributed by atoms with Crippen molar-refractivity contribution in [3.63, 3.8) is 0 Å². The summed E-state index contributed by atoms with van der Waals surface area (Å²) in [5, 5.41) is 6.35. The van der Waals surface area contributed by atoms with E-state index in [9.17, 15) is 9.59 Å². The van der Waals surface area contributed by atoms with Crippen LogP contribution in [0.5, 0.6) is 0 Å². The molecular formula is C44H22O4S2. The van der Waals surface area contributed by atoms with Crippen molar-refractivity contribution in [3.05, 3.63) is 154 Å². The smallest absolute Gasteiger partial charge is 0.204 e. The summed E-state index contributed by atoms with van der Waals surface area (Å²) >= 11 is 3.50. The van der Waals surface area contributed by atoms with E-state index in [0.29, 0.717) is 32.9 Å². The van der Waals surface area contributed by atoms with E-state index in [-0.39, 0.29) is 21.8 Å². The summed E-state index contributed by atoms with van der Waals surface area (Å²) in [6, 6.07) is 44.3. The molecule has 7 aromatic carbocycles. The van der Waals surface area contributed by atoms with Crippen LogP contribution in [0.15, 0.2) is 152 Å². The molecule has 4 heterocycles. The highest BCUT2D eigenvalue weighted by molar-refractivity contribution is 7.26. The molecule has 4 nitrogen and oxygen atoms in total. The fourth-order valence-corrected chi connectivity index (χ4v) is 10.0. The number of hydrogen-bond acceptors (Lipinski definition) is 6. The summed E-state index contributed by atoms with van der Waals surface area (Å²) in [6.45, 7) is 0. The Bertz CT molecular complexity index is 3380. The van der Waals surface area contributed by atoms with Gasteiger partial charge in [0, 0.05) is 40.3 Å². The number of benzene rings is 7. The minimum Gasteiger partial charge on any atom is -0.456 e. The van der Waals surface area contributed by atoms with Crippen LogP contribution in [0.2, 0.25) is 0 Å².